The molecule has 0 saturated carbocycles. The van der Waals surface area contributed by atoms with Gasteiger partial charge in [0.25, 0.3) is 5.56 Å². The Hall–Kier alpha value is -3.84. The third-order valence-electron chi connectivity index (χ3n) is 4.74. The minimum Gasteiger partial charge on any atom is -0.495 e. The van der Waals surface area contributed by atoms with Crippen LogP contribution in [0.25, 0.3) is 39.7 Å². The second-order valence-electron chi connectivity index (χ2n) is 6.57. The highest BCUT2D eigenvalue weighted by Gasteiger charge is 2.17. The highest BCUT2D eigenvalue weighted by Crippen LogP contribution is 2.31. The summed E-state index contributed by atoms with van der Waals surface area (Å²) in [5.74, 6) is 1.50. The van der Waals surface area contributed by atoms with Crippen LogP contribution in [0.4, 0.5) is 0 Å². The summed E-state index contributed by atoms with van der Waals surface area (Å²) in [5.41, 5.74) is 2.84. The number of aromatic nitrogens is 4. The lowest BCUT2D eigenvalue weighted by molar-refractivity contribution is 0.415. The summed E-state index contributed by atoms with van der Waals surface area (Å²) in [6.45, 7) is 0. The zero-order valence-electron chi connectivity index (χ0n) is 15.8. The van der Waals surface area contributed by atoms with Gasteiger partial charge in [0.15, 0.2) is 11.4 Å². The van der Waals surface area contributed by atoms with Crippen LogP contribution in [0.15, 0.2) is 76.2 Å². The largest absolute Gasteiger partial charge is 0.495 e. The first-order chi connectivity index (χ1) is 14.6. The zero-order chi connectivity index (χ0) is 20.7. The Balaban J connectivity index is 1.63. The number of nitrogens with one attached hydrogen (secondary N) is 1. The average Bonchev–Trinajstić information content (AvgIpc) is 3.42. The van der Waals surface area contributed by atoms with E-state index >= 15 is 0 Å². The van der Waals surface area contributed by atoms with Crippen LogP contribution in [0.1, 0.15) is 0 Å². The highest BCUT2D eigenvalue weighted by molar-refractivity contribution is 6.32. The molecule has 5 rings (SSSR count). The molecule has 7 nitrogen and oxygen atoms in total. The van der Waals surface area contributed by atoms with Gasteiger partial charge in [0.1, 0.15) is 5.75 Å². The van der Waals surface area contributed by atoms with Crippen molar-refractivity contribution in [3.8, 4) is 39.8 Å². The molecular formula is C22H15ClN4O3. The molecule has 0 aliphatic rings. The number of ether oxygens (including phenoxy) is 1. The quantitative estimate of drug-likeness (QED) is 0.458. The number of halogens is 1. The van der Waals surface area contributed by atoms with Gasteiger partial charge in [0.2, 0.25) is 5.89 Å². The van der Waals surface area contributed by atoms with E-state index in [1.807, 2.05) is 30.3 Å². The minimum absolute atomic E-state index is 0.259. The molecule has 2 aromatic carbocycles. The third-order valence-corrected chi connectivity index (χ3v) is 5.05. The van der Waals surface area contributed by atoms with Gasteiger partial charge in [0.05, 0.1) is 29.6 Å². The number of hydrogen-bond donors (Lipinski definition) is 1. The number of hydrogen-bond acceptors (Lipinski definition) is 5. The molecule has 0 amide bonds. The number of fused-ring (bicyclic) bond motifs is 1. The Morgan fingerprint density at radius 2 is 1.93 bits per heavy atom. The third kappa shape index (κ3) is 3.05. The monoisotopic (exact) mass is 418 g/mol. The number of nitrogens with zero attached hydrogens (tertiary/aromatic N) is 3. The topological polar surface area (TPSA) is 85.4 Å². The molecule has 0 fully saturated rings. The molecule has 5 aromatic rings. The van der Waals surface area contributed by atoms with Gasteiger partial charge in [-0.3, -0.25) is 9.89 Å². The molecule has 0 aliphatic carbocycles. The summed E-state index contributed by atoms with van der Waals surface area (Å²) in [4.78, 5) is 21.7. The van der Waals surface area contributed by atoms with Crippen molar-refractivity contribution in [2.24, 2.45) is 0 Å². The van der Waals surface area contributed by atoms with E-state index in [1.165, 1.54) is 17.7 Å². The standard InChI is InChI=1S/C22H15ClN4O3/c1-29-18-9-14(7-8-16(18)23)17-10-20(28)27-21(26-17)15(11-25-27)22-24-12-19(30-22)13-5-3-2-4-6-13/h2-12,25H,1H3. The van der Waals surface area contributed by atoms with Crippen LogP contribution >= 0.6 is 11.6 Å². The predicted octanol–water partition coefficient (Wildman–Crippen LogP) is 4.67. The summed E-state index contributed by atoms with van der Waals surface area (Å²) in [6, 6.07) is 16.3. The fraction of sp³-hybridized carbons (Fsp3) is 0.0455. The average molecular weight is 419 g/mol. The summed E-state index contributed by atoms with van der Waals surface area (Å²) in [6.07, 6.45) is 3.30. The van der Waals surface area contributed by atoms with Crippen molar-refractivity contribution in [1.82, 2.24) is 19.6 Å². The van der Waals surface area contributed by atoms with E-state index in [4.69, 9.17) is 20.8 Å². The molecule has 3 heterocycles. The maximum absolute atomic E-state index is 12.6. The van der Waals surface area contributed by atoms with Gasteiger partial charge < -0.3 is 9.15 Å². The molecule has 0 unspecified atom stereocenters. The van der Waals surface area contributed by atoms with Crippen LogP contribution in [0.3, 0.4) is 0 Å². The molecule has 0 bridgehead atoms. The number of rotatable bonds is 4. The lowest BCUT2D eigenvalue weighted by Crippen LogP contribution is -2.14. The Morgan fingerprint density at radius 3 is 2.73 bits per heavy atom. The number of methoxy groups -OCH3 is 1. The smallest absolute Gasteiger partial charge is 0.273 e. The van der Waals surface area contributed by atoms with E-state index < -0.39 is 0 Å². The molecule has 0 spiro atoms. The van der Waals surface area contributed by atoms with Crippen LogP contribution in [-0.4, -0.2) is 26.7 Å². The summed E-state index contributed by atoms with van der Waals surface area (Å²) in [5, 5.41) is 3.39. The molecule has 0 radical (unpaired) electrons. The predicted molar refractivity (Wildman–Crippen MR) is 114 cm³/mol. The zero-order valence-corrected chi connectivity index (χ0v) is 16.6. The Kier molecular flexibility index (Phi) is 4.37. The van der Waals surface area contributed by atoms with Crippen molar-refractivity contribution in [3.05, 3.63) is 82.4 Å². The van der Waals surface area contributed by atoms with Gasteiger partial charge >= 0.3 is 0 Å². The number of H-pyrrole nitrogens is 1. The van der Waals surface area contributed by atoms with Gasteiger partial charge in [-0.1, -0.05) is 48.0 Å². The number of oxazole rings is 1. The van der Waals surface area contributed by atoms with Crippen molar-refractivity contribution in [2.45, 2.75) is 0 Å². The molecule has 0 atom stereocenters. The van der Waals surface area contributed by atoms with E-state index in [0.29, 0.717) is 44.9 Å². The second-order valence-corrected chi connectivity index (χ2v) is 6.98. The van der Waals surface area contributed by atoms with Crippen LogP contribution in [-0.2, 0) is 0 Å². The molecule has 30 heavy (non-hydrogen) atoms. The van der Waals surface area contributed by atoms with Crippen LogP contribution in [0.2, 0.25) is 5.02 Å². The molecule has 0 aliphatic heterocycles. The van der Waals surface area contributed by atoms with Crippen molar-refractivity contribution in [2.75, 3.05) is 7.11 Å². The first-order valence-corrected chi connectivity index (χ1v) is 9.48. The Morgan fingerprint density at radius 1 is 1.10 bits per heavy atom. The molecule has 0 saturated heterocycles. The second kappa shape index (κ2) is 7.20. The van der Waals surface area contributed by atoms with Crippen molar-refractivity contribution in [3.63, 3.8) is 0 Å². The van der Waals surface area contributed by atoms with Gasteiger partial charge in [-0.15, -0.1) is 0 Å². The lowest BCUT2D eigenvalue weighted by Gasteiger charge is -2.06. The van der Waals surface area contributed by atoms with E-state index in [2.05, 4.69) is 15.1 Å². The van der Waals surface area contributed by atoms with E-state index in [0.717, 1.165) is 5.56 Å². The summed E-state index contributed by atoms with van der Waals surface area (Å²) < 4.78 is 12.6. The Bertz CT molecular complexity index is 1420. The van der Waals surface area contributed by atoms with Gasteiger partial charge in [-0.2, -0.15) is 0 Å². The van der Waals surface area contributed by atoms with Crippen molar-refractivity contribution in [1.29, 1.82) is 0 Å². The highest BCUT2D eigenvalue weighted by atomic mass is 35.5. The minimum atomic E-state index is -0.259. The first-order valence-electron chi connectivity index (χ1n) is 9.11. The van der Waals surface area contributed by atoms with Gasteiger partial charge in [-0.05, 0) is 12.1 Å². The van der Waals surface area contributed by atoms with Gasteiger partial charge in [0, 0.05) is 23.4 Å². The Labute approximate surface area is 175 Å². The van der Waals surface area contributed by atoms with E-state index in [-0.39, 0.29) is 5.56 Å². The lowest BCUT2D eigenvalue weighted by atomic mass is 10.1. The normalized spacial score (nSPS) is 11.1. The van der Waals surface area contributed by atoms with Crippen LogP contribution < -0.4 is 10.3 Å². The summed E-state index contributed by atoms with van der Waals surface area (Å²) >= 11 is 6.11. The first kappa shape index (κ1) is 18.2. The maximum Gasteiger partial charge on any atom is 0.273 e. The fourth-order valence-corrected chi connectivity index (χ4v) is 3.43. The number of benzene rings is 2. The fourth-order valence-electron chi connectivity index (χ4n) is 3.24. The van der Waals surface area contributed by atoms with Crippen LogP contribution in [0, 0.1) is 0 Å². The van der Waals surface area contributed by atoms with E-state index in [9.17, 15) is 4.79 Å². The van der Waals surface area contributed by atoms with Gasteiger partial charge in [-0.25, -0.2) is 14.5 Å². The molecular weight excluding hydrogens is 404 g/mol. The summed E-state index contributed by atoms with van der Waals surface area (Å²) in [7, 11) is 1.54. The maximum atomic E-state index is 12.6. The molecule has 148 valence electrons. The van der Waals surface area contributed by atoms with Crippen molar-refractivity contribution < 1.29 is 9.15 Å². The SMILES string of the molecule is COc1cc(-c2cc(=O)n3[nH]cc(-c4ncc(-c5ccccc5)o4)c3n2)ccc1Cl. The van der Waals surface area contributed by atoms with Crippen LogP contribution in [0.5, 0.6) is 5.75 Å². The molecule has 8 heteroatoms. The van der Waals surface area contributed by atoms with E-state index in [1.54, 1.807) is 30.6 Å². The molecule has 3 aromatic heterocycles. The number of aromatic amines is 1. The van der Waals surface area contributed by atoms with Crippen molar-refractivity contribution >= 4 is 17.2 Å². The molecule has 1 N–H and O–H groups in total.